The van der Waals surface area contributed by atoms with E-state index in [1.807, 2.05) is 32.0 Å². The maximum absolute atomic E-state index is 11.8. The number of ether oxygens (including phenoxy) is 1. The fraction of sp³-hybridized carbons (Fsp3) is 0.286. The van der Waals surface area contributed by atoms with Crippen molar-refractivity contribution in [2.24, 2.45) is 0 Å². The number of carbonyl (C=O) groups excluding carboxylic acids is 2. The lowest BCUT2D eigenvalue weighted by Crippen LogP contribution is -2.22. The van der Waals surface area contributed by atoms with Gasteiger partial charge in [-0.15, -0.1) is 10.2 Å². The zero-order valence-corrected chi connectivity index (χ0v) is 14.3. The summed E-state index contributed by atoms with van der Waals surface area (Å²) in [4.78, 5) is 23.4. The van der Waals surface area contributed by atoms with Crippen molar-refractivity contribution < 1.29 is 14.3 Å². The third-order valence-corrected chi connectivity index (χ3v) is 4.63. The van der Waals surface area contributed by atoms with Gasteiger partial charge in [0.25, 0.3) is 5.91 Å². The maximum Gasteiger partial charge on any atom is 0.316 e. The summed E-state index contributed by atoms with van der Waals surface area (Å²) in [6.07, 6.45) is 0. The number of aromatic nitrogens is 2. The molecule has 2 rings (SSSR count). The molecule has 0 unspecified atom stereocenters. The van der Waals surface area contributed by atoms with Gasteiger partial charge >= 0.3 is 5.97 Å². The number of aryl methyl sites for hydroxylation is 2. The number of benzene rings is 1. The first-order valence-electron chi connectivity index (χ1n) is 6.68. The van der Waals surface area contributed by atoms with Crippen molar-refractivity contribution in [3.63, 3.8) is 0 Å². The molecule has 122 valence electrons. The summed E-state index contributed by atoms with van der Waals surface area (Å²) in [6.45, 7) is 3.50. The Morgan fingerprint density at radius 2 is 2.13 bits per heavy atom. The van der Waals surface area contributed by atoms with E-state index in [0.717, 1.165) is 11.1 Å². The fourth-order valence-electron chi connectivity index (χ4n) is 1.64. The molecule has 0 radical (unpaired) electrons. The quantitative estimate of drug-likeness (QED) is 0.605. The molecular formula is C14H16N4O3S2. The molecule has 0 bridgehead atoms. The molecule has 1 aromatic carbocycles. The molecule has 0 spiro atoms. The Bertz CT molecular complexity index is 718. The molecular weight excluding hydrogens is 336 g/mol. The Labute approximate surface area is 141 Å². The lowest BCUT2D eigenvalue weighted by Gasteiger charge is -2.09. The number of esters is 1. The number of hydrogen-bond acceptors (Lipinski definition) is 8. The van der Waals surface area contributed by atoms with Gasteiger partial charge in [0.05, 0.1) is 5.75 Å². The van der Waals surface area contributed by atoms with Crippen LogP contribution < -0.4 is 11.1 Å². The van der Waals surface area contributed by atoms with Gasteiger partial charge in [-0.2, -0.15) is 0 Å². The summed E-state index contributed by atoms with van der Waals surface area (Å²) in [5, 5.41) is 10.5. The molecule has 9 heteroatoms. The van der Waals surface area contributed by atoms with E-state index in [0.29, 0.717) is 15.2 Å². The van der Waals surface area contributed by atoms with Crippen LogP contribution in [0, 0.1) is 13.8 Å². The van der Waals surface area contributed by atoms with Crippen molar-refractivity contribution in [1.82, 2.24) is 10.2 Å². The first-order chi connectivity index (χ1) is 10.9. The SMILES string of the molecule is Cc1ccc(C)c(NC(=O)COC(=O)CSc2nnc(N)s2)c1. The Kier molecular flexibility index (Phi) is 5.94. The van der Waals surface area contributed by atoms with Crippen LogP contribution in [-0.2, 0) is 14.3 Å². The maximum atomic E-state index is 11.8. The summed E-state index contributed by atoms with van der Waals surface area (Å²) < 4.78 is 5.51. The normalized spacial score (nSPS) is 10.3. The van der Waals surface area contributed by atoms with Crippen LogP contribution in [0.1, 0.15) is 11.1 Å². The third-order valence-electron chi connectivity index (χ3n) is 2.77. The van der Waals surface area contributed by atoms with Crippen molar-refractivity contribution in [3.05, 3.63) is 29.3 Å². The number of amides is 1. The molecule has 0 aliphatic heterocycles. The highest BCUT2D eigenvalue weighted by Crippen LogP contribution is 2.23. The molecule has 1 aromatic heterocycles. The number of nitrogen functional groups attached to an aromatic ring is 1. The number of nitrogens with zero attached hydrogens (tertiary/aromatic N) is 2. The van der Waals surface area contributed by atoms with Gasteiger partial charge in [-0.3, -0.25) is 9.59 Å². The van der Waals surface area contributed by atoms with Crippen molar-refractivity contribution in [1.29, 1.82) is 0 Å². The van der Waals surface area contributed by atoms with Crippen LogP contribution in [-0.4, -0.2) is 34.4 Å². The van der Waals surface area contributed by atoms with Crippen LogP contribution >= 0.6 is 23.1 Å². The molecule has 0 fully saturated rings. The van der Waals surface area contributed by atoms with E-state index in [-0.39, 0.29) is 18.3 Å². The van der Waals surface area contributed by atoms with E-state index in [4.69, 9.17) is 10.5 Å². The van der Waals surface area contributed by atoms with Gasteiger partial charge in [0.15, 0.2) is 10.9 Å². The molecule has 7 nitrogen and oxygen atoms in total. The first-order valence-corrected chi connectivity index (χ1v) is 8.49. The van der Waals surface area contributed by atoms with E-state index in [1.54, 1.807) is 0 Å². The highest BCUT2D eigenvalue weighted by Gasteiger charge is 2.11. The summed E-state index contributed by atoms with van der Waals surface area (Å²) in [5.74, 6) is -0.831. The minimum Gasteiger partial charge on any atom is -0.455 e. The molecule has 1 heterocycles. The molecule has 0 saturated heterocycles. The number of anilines is 2. The second-order valence-corrected chi connectivity index (χ2v) is 6.95. The minimum atomic E-state index is -0.500. The van der Waals surface area contributed by atoms with Gasteiger partial charge in [0, 0.05) is 5.69 Å². The highest BCUT2D eigenvalue weighted by molar-refractivity contribution is 8.01. The minimum absolute atomic E-state index is 0.0470. The summed E-state index contributed by atoms with van der Waals surface area (Å²) in [5.41, 5.74) is 8.14. The van der Waals surface area contributed by atoms with E-state index >= 15 is 0 Å². The average Bonchev–Trinajstić information content (AvgIpc) is 2.92. The predicted octanol–water partition coefficient (Wildman–Crippen LogP) is 2.01. The van der Waals surface area contributed by atoms with Gasteiger partial charge in [-0.25, -0.2) is 0 Å². The highest BCUT2D eigenvalue weighted by atomic mass is 32.2. The van der Waals surface area contributed by atoms with Gasteiger partial charge < -0.3 is 15.8 Å². The summed E-state index contributed by atoms with van der Waals surface area (Å²) in [7, 11) is 0. The smallest absolute Gasteiger partial charge is 0.316 e. The van der Waals surface area contributed by atoms with Crippen LogP contribution in [0.4, 0.5) is 10.8 Å². The van der Waals surface area contributed by atoms with E-state index in [2.05, 4.69) is 15.5 Å². The summed E-state index contributed by atoms with van der Waals surface area (Å²) >= 11 is 2.36. The molecule has 0 atom stereocenters. The Balaban J connectivity index is 1.75. The molecule has 23 heavy (non-hydrogen) atoms. The second kappa shape index (κ2) is 7.93. The summed E-state index contributed by atoms with van der Waals surface area (Å²) in [6, 6.07) is 5.74. The largest absolute Gasteiger partial charge is 0.455 e. The standard InChI is InChI=1S/C14H16N4O3S2/c1-8-3-4-9(2)10(5-8)16-11(19)6-21-12(20)7-22-14-18-17-13(15)23-14/h3-5H,6-7H2,1-2H3,(H2,15,17)(H,16,19). The van der Waals surface area contributed by atoms with Crippen molar-refractivity contribution in [3.8, 4) is 0 Å². The molecule has 1 amide bonds. The molecule has 0 saturated carbocycles. The Morgan fingerprint density at radius 3 is 2.83 bits per heavy atom. The fourth-order valence-corrected chi connectivity index (χ4v) is 3.08. The van der Waals surface area contributed by atoms with Crippen LogP contribution in [0.3, 0.4) is 0 Å². The first kappa shape index (κ1) is 17.2. The number of carbonyl (C=O) groups is 2. The average molecular weight is 352 g/mol. The van der Waals surface area contributed by atoms with Crippen molar-refractivity contribution in [2.75, 3.05) is 23.4 Å². The predicted molar refractivity (Wildman–Crippen MR) is 90.6 cm³/mol. The lowest BCUT2D eigenvalue weighted by atomic mass is 10.1. The monoisotopic (exact) mass is 352 g/mol. The zero-order chi connectivity index (χ0) is 16.8. The molecule has 2 aromatic rings. The second-order valence-electron chi connectivity index (χ2n) is 4.72. The van der Waals surface area contributed by atoms with Gasteiger partial charge in [-0.1, -0.05) is 35.2 Å². The number of nitrogens with two attached hydrogens (primary N) is 1. The van der Waals surface area contributed by atoms with E-state index in [9.17, 15) is 9.59 Å². The van der Waals surface area contributed by atoms with Gasteiger partial charge in [0.1, 0.15) is 0 Å². The van der Waals surface area contributed by atoms with Crippen LogP contribution in [0.2, 0.25) is 0 Å². The number of rotatable bonds is 6. The molecule has 0 aliphatic rings. The topological polar surface area (TPSA) is 107 Å². The number of nitrogens with one attached hydrogen (secondary N) is 1. The Morgan fingerprint density at radius 1 is 1.35 bits per heavy atom. The van der Waals surface area contributed by atoms with Crippen LogP contribution in [0.5, 0.6) is 0 Å². The van der Waals surface area contributed by atoms with Crippen LogP contribution in [0.25, 0.3) is 0 Å². The van der Waals surface area contributed by atoms with E-state index in [1.165, 1.54) is 23.1 Å². The van der Waals surface area contributed by atoms with E-state index < -0.39 is 5.97 Å². The van der Waals surface area contributed by atoms with Gasteiger partial charge in [-0.05, 0) is 31.0 Å². The number of thioether (sulfide) groups is 1. The lowest BCUT2D eigenvalue weighted by molar-refractivity contribution is -0.144. The van der Waals surface area contributed by atoms with Gasteiger partial charge in [0.2, 0.25) is 5.13 Å². The molecule has 3 N–H and O–H groups in total. The number of hydrogen-bond donors (Lipinski definition) is 2. The van der Waals surface area contributed by atoms with Crippen molar-refractivity contribution >= 4 is 45.8 Å². The third kappa shape index (κ3) is 5.53. The van der Waals surface area contributed by atoms with Crippen LogP contribution in [0.15, 0.2) is 22.5 Å². The zero-order valence-electron chi connectivity index (χ0n) is 12.7. The molecule has 0 aliphatic carbocycles. The van der Waals surface area contributed by atoms with Crippen molar-refractivity contribution in [2.45, 2.75) is 18.2 Å². The Hall–Kier alpha value is -2.13.